The minimum Gasteiger partial charge on any atom is -0.492 e. The smallest absolute Gasteiger partial charge is 0.273 e. The third kappa shape index (κ3) is 3.93. The molecule has 0 radical (unpaired) electrons. The first-order valence-corrected chi connectivity index (χ1v) is 6.44. The van der Waals surface area contributed by atoms with Crippen LogP contribution in [0.4, 0.5) is 0 Å². The van der Waals surface area contributed by atoms with Crippen molar-refractivity contribution < 1.29 is 9.53 Å². The number of nitrogens with zero attached hydrogens (tertiary/aromatic N) is 3. The van der Waals surface area contributed by atoms with Crippen LogP contribution in [0, 0.1) is 0 Å². The fourth-order valence-electron chi connectivity index (χ4n) is 1.54. The lowest BCUT2D eigenvalue weighted by molar-refractivity contribution is 0.0767. The summed E-state index contributed by atoms with van der Waals surface area (Å²) < 4.78 is 5.53. The Morgan fingerprint density at radius 1 is 1.30 bits per heavy atom. The molecule has 0 saturated heterocycles. The molecule has 0 aliphatic carbocycles. The van der Waals surface area contributed by atoms with Gasteiger partial charge in [-0.2, -0.15) is 0 Å². The highest BCUT2D eigenvalue weighted by Crippen LogP contribution is 2.15. The minimum absolute atomic E-state index is 0.183. The van der Waals surface area contributed by atoms with Crippen molar-refractivity contribution in [1.82, 2.24) is 14.9 Å². The Hall–Kier alpha value is -2.14. The zero-order chi connectivity index (χ0) is 14.4. The van der Waals surface area contributed by atoms with E-state index in [2.05, 4.69) is 9.97 Å². The average Bonchev–Trinajstić information content (AvgIpc) is 2.49. The summed E-state index contributed by atoms with van der Waals surface area (Å²) >= 11 is 5.78. The van der Waals surface area contributed by atoms with Gasteiger partial charge in [0.15, 0.2) is 0 Å². The number of amides is 1. The molecule has 1 aromatic heterocycles. The number of benzene rings is 1. The quantitative estimate of drug-likeness (QED) is 0.848. The van der Waals surface area contributed by atoms with E-state index in [4.69, 9.17) is 16.3 Å². The highest BCUT2D eigenvalue weighted by Gasteiger charge is 2.12. The Morgan fingerprint density at radius 2 is 2.05 bits per heavy atom. The maximum absolute atomic E-state index is 12.0. The Labute approximate surface area is 122 Å². The predicted molar refractivity (Wildman–Crippen MR) is 75.9 cm³/mol. The summed E-state index contributed by atoms with van der Waals surface area (Å²) in [5.41, 5.74) is 0.321. The number of aromatic nitrogens is 2. The van der Waals surface area contributed by atoms with E-state index >= 15 is 0 Å². The third-order valence-corrected chi connectivity index (χ3v) is 2.89. The van der Waals surface area contributed by atoms with E-state index in [1.54, 1.807) is 36.2 Å². The molecule has 2 rings (SSSR count). The Morgan fingerprint density at radius 3 is 2.70 bits per heavy atom. The molecule has 1 heterocycles. The van der Waals surface area contributed by atoms with Crippen molar-refractivity contribution in [2.45, 2.75) is 0 Å². The van der Waals surface area contributed by atoms with E-state index in [1.165, 1.54) is 18.6 Å². The van der Waals surface area contributed by atoms with Gasteiger partial charge >= 0.3 is 0 Å². The number of rotatable bonds is 5. The number of ether oxygens (including phenoxy) is 1. The highest BCUT2D eigenvalue weighted by molar-refractivity contribution is 6.30. The number of halogens is 1. The Kier molecular flexibility index (Phi) is 4.90. The van der Waals surface area contributed by atoms with Gasteiger partial charge in [-0.15, -0.1) is 0 Å². The number of likely N-dealkylation sites (N-methyl/N-ethyl adjacent to an activating group) is 1. The summed E-state index contributed by atoms with van der Waals surface area (Å²) in [4.78, 5) is 21.4. The first-order valence-electron chi connectivity index (χ1n) is 6.06. The van der Waals surface area contributed by atoms with Gasteiger partial charge in [0.2, 0.25) is 0 Å². The first-order chi connectivity index (χ1) is 9.66. The van der Waals surface area contributed by atoms with Crippen molar-refractivity contribution >= 4 is 17.5 Å². The van der Waals surface area contributed by atoms with E-state index in [0.717, 1.165) is 5.75 Å². The van der Waals surface area contributed by atoms with Crippen molar-refractivity contribution in [1.29, 1.82) is 0 Å². The molecule has 0 atom stereocenters. The summed E-state index contributed by atoms with van der Waals surface area (Å²) in [5.74, 6) is 0.535. The van der Waals surface area contributed by atoms with Crippen LogP contribution in [0.15, 0.2) is 42.9 Å². The molecule has 104 valence electrons. The van der Waals surface area contributed by atoms with Crippen molar-refractivity contribution in [2.75, 3.05) is 20.2 Å². The molecule has 0 aliphatic rings. The van der Waals surface area contributed by atoms with Crippen LogP contribution < -0.4 is 4.74 Å². The number of hydrogen-bond acceptors (Lipinski definition) is 4. The van der Waals surface area contributed by atoms with Gasteiger partial charge in [0, 0.05) is 24.5 Å². The van der Waals surface area contributed by atoms with Crippen LogP contribution in [-0.4, -0.2) is 41.0 Å². The maximum atomic E-state index is 12.0. The predicted octanol–water partition coefficient (Wildman–Crippen LogP) is 2.28. The molecule has 5 nitrogen and oxygen atoms in total. The summed E-state index contributed by atoms with van der Waals surface area (Å²) in [6, 6.07) is 7.08. The molecule has 0 aliphatic heterocycles. The molecule has 1 amide bonds. The zero-order valence-corrected chi connectivity index (χ0v) is 11.7. The molecule has 20 heavy (non-hydrogen) atoms. The maximum Gasteiger partial charge on any atom is 0.273 e. The largest absolute Gasteiger partial charge is 0.492 e. The number of carbonyl (C=O) groups is 1. The zero-order valence-electron chi connectivity index (χ0n) is 11.0. The van der Waals surface area contributed by atoms with Crippen LogP contribution in [0.25, 0.3) is 0 Å². The van der Waals surface area contributed by atoms with Crippen molar-refractivity contribution in [2.24, 2.45) is 0 Å². The molecule has 1 aromatic carbocycles. The second-order valence-corrected chi connectivity index (χ2v) is 4.56. The van der Waals surface area contributed by atoms with Crippen LogP contribution in [0.3, 0.4) is 0 Å². The van der Waals surface area contributed by atoms with Gasteiger partial charge in [0.25, 0.3) is 5.91 Å². The molecular formula is C14H14ClN3O2. The van der Waals surface area contributed by atoms with Gasteiger partial charge in [0.1, 0.15) is 18.1 Å². The highest BCUT2D eigenvalue weighted by atomic mass is 35.5. The monoisotopic (exact) mass is 291 g/mol. The van der Waals surface area contributed by atoms with E-state index in [1.807, 2.05) is 0 Å². The third-order valence-electron chi connectivity index (χ3n) is 2.64. The van der Waals surface area contributed by atoms with Crippen molar-refractivity contribution in [3.8, 4) is 5.75 Å². The van der Waals surface area contributed by atoms with Crippen LogP contribution in [0.5, 0.6) is 5.75 Å². The molecule has 0 spiro atoms. The fourth-order valence-corrected chi connectivity index (χ4v) is 1.66. The lowest BCUT2D eigenvalue weighted by Crippen LogP contribution is -2.31. The average molecular weight is 292 g/mol. The topological polar surface area (TPSA) is 55.3 Å². The summed E-state index contributed by atoms with van der Waals surface area (Å²) in [5, 5.41) is 0.660. The number of hydrogen-bond donors (Lipinski definition) is 0. The Balaban J connectivity index is 1.82. The standard InChI is InChI=1S/C14H14ClN3O2/c1-18(14(19)13-10-16-6-7-17-13)8-9-20-12-4-2-11(15)3-5-12/h2-7,10H,8-9H2,1H3. The molecule has 0 saturated carbocycles. The van der Waals surface area contributed by atoms with Crippen LogP contribution in [0.1, 0.15) is 10.5 Å². The van der Waals surface area contributed by atoms with Gasteiger partial charge in [0.05, 0.1) is 12.7 Å². The van der Waals surface area contributed by atoms with Gasteiger partial charge in [-0.05, 0) is 24.3 Å². The molecule has 2 aromatic rings. The second-order valence-electron chi connectivity index (χ2n) is 4.12. The lowest BCUT2D eigenvalue weighted by Gasteiger charge is -2.16. The van der Waals surface area contributed by atoms with Gasteiger partial charge in [-0.1, -0.05) is 11.6 Å². The van der Waals surface area contributed by atoms with Gasteiger partial charge < -0.3 is 9.64 Å². The van der Waals surface area contributed by atoms with Crippen molar-refractivity contribution in [3.63, 3.8) is 0 Å². The normalized spacial score (nSPS) is 10.1. The number of carbonyl (C=O) groups excluding carboxylic acids is 1. The van der Waals surface area contributed by atoms with E-state index < -0.39 is 0 Å². The SMILES string of the molecule is CN(CCOc1ccc(Cl)cc1)C(=O)c1cnccn1. The molecule has 6 heteroatoms. The van der Waals surface area contributed by atoms with E-state index in [-0.39, 0.29) is 5.91 Å². The lowest BCUT2D eigenvalue weighted by atomic mass is 10.3. The summed E-state index contributed by atoms with van der Waals surface area (Å²) in [6.45, 7) is 0.849. The van der Waals surface area contributed by atoms with Gasteiger partial charge in [-0.25, -0.2) is 4.98 Å². The van der Waals surface area contributed by atoms with E-state index in [9.17, 15) is 4.79 Å². The molecule has 0 bridgehead atoms. The molecule has 0 unspecified atom stereocenters. The van der Waals surface area contributed by atoms with Crippen LogP contribution in [-0.2, 0) is 0 Å². The van der Waals surface area contributed by atoms with Crippen LogP contribution >= 0.6 is 11.6 Å². The molecule has 0 fully saturated rings. The Bertz CT molecular complexity index is 560. The van der Waals surface area contributed by atoms with E-state index in [0.29, 0.717) is 23.9 Å². The van der Waals surface area contributed by atoms with Crippen LogP contribution in [0.2, 0.25) is 5.02 Å². The summed E-state index contributed by atoms with van der Waals surface area (Å²) in [6.07, 6.45) is 4.46. The first kappa shape index (κ1) is 14.3. The molecule has 0 N–H and O–H groups in total. The fraction of sp³-hybridized carbons (Fsp3) is 0.214. The minimum atomic E-state index is -0.183. The second kappa shape index (κ2) is 6.86. The molecular weight excluding hydrogens is 278 g/mol. The van der Waals surface area contributed by atoms with Crippen molar-refractivity contribution in [3.05, 3.63) is 53.6 Å². The van der Waals surface area contributed by atoms with Gasteiger partial charge in [-0.3, -0.25) is 9.78 Å². The summed E-state index contributed by atoms with van der Waals surface area (Å²) in [7, 11) is 1.70.